The maximum Gasteiger partial charge on any atom is 0.248 e. The first kappa shape index (κ1) is 16.9. The number of amides is 1. The SMILES string of the molecule is CN(C)C(=O)COC[C@@H]1C[C@H]2OCCN(Cc3ccsc3)[C@H]2C1. The second-order valence-corrected chi connectivity index (χ2v) is 7.50. The van der Waals surface area contributed by atoms with Crippen LogP contribution in [0.1, 0.15) is 18.4 Å². The van der Waals surface area contributed by atoms with E-state index in [1.807, 2.05) is 0 Å². The van der Waals surface area contributed by atoms with Crippen LogP contribution >= 0.6 is 11.3 Å². The van der Waals surface area contributed by atoms with E-state index in [1.54, 1.807) is 30.3 Å². The normalized spacial score (nSPS) is 27.8. The highest BCUT2D eigenvalue weighted by atomic mass is 32.1. The number of thiophene rings is 1. The third-order valence-electron chi connectivity index (χ3n) is 4.79. The van der Waals surface area contributed by atoms with Crippen LogP contribution in [0.3, 0.4) is 0 Å². The first-order chi connectivity index (χ1) is 11.1. The third kappa shape index (κ3) is 4.32. The molecule has 1 aliphatic carbocycles. The fourth-order valence-corrected chi connectivity index (χ4v) is 4.18. The molecule has 0 unspecified atom stereocenters. The van der Waals surface area contributed by atoms with Gasteiger partial charge in [0.15, 0.2) is 0 Å². The summed E-state index contributed by atoms with van der Waals surface area (Å²) in [6.07, 6.45) is 2.46. The average Bonchev–Trinajstić information content (AvgIpc) is 3.16. The zero-order chi connectivity index (χ0) is 16.2. The van der Waals surface area contributed by atoms with E-state index in [2.05, 4.69) is 21.7 Å². The zero-order valence-electron chi connectivity index (χ0n) is 13.9. The lowest BCUT2D eigenvalue weighted by atomic mass is 10.1. The zero-order valence-corrected chi connectivity index (χ0v) is 14.8. The minimum Gasteiger partial charge on any atom is -0.375 e. The van der Waals surface area contributed by atoms with Gasteiger partial charge in [0.05, 0.1) is 19.3 Å². The number of fused-ring (bicyclic) bond motifs is 1. The molecule has 23 heavy (non-hydrogen) atoms. The highest BCUT2D eigenvalue weighted by molar-refractivity contribution is 7.07. The van der Waals surface area contributed by atoms with Gasteiger partial charge in [-0.2, -0.15) is 11.3 Å². The van der Waals surface area contributed by atoms with E-state index in [-0.39, 0.29) is 12.5 Å². The van der Waals surface area contributed by atoms with Crippen LogP contribution in [0.4, 0.5) is 0 Å². The molecule has 3 atom stereocenters. The first-order valence-corrected chi connectivity index (χ1v) is 9.22. The van der Waals surface area contributed by atoms with Crippen LogP contribution in [0, 0.1) is 5.92 Å². The third-order valence-corrected chi connectivity index (χ3v) is 5.52. The van der Waals surface area contributed by atoms with Crippen molar-refractivity contribution in [3.63, 3.8) is 0 Å². The van der Waals surface area contributed by atoms with Crippen molar-refractivity contribution in [2.45, 2.75) is 31.5 Å². The van der Waals surface area contributed by atoms with Crippen molar-refractivity contribution in [2.75, 3.05) is 40.5 Å². The molecular weight excluding hydrogens is 312 g/mol. The smallest absolute Gasteiger partial charge is 0.248 e. The molecule has 2 aliphatic rings. The lowest BCUT2D eigenvalue weighted by molar-refractivity contribution is -0.134. The molecule has 0 aromatic carbocycles. The van der Waals surface area contributed by atoms with Crippen LogP contribution in [0.2, 0.25) is 0 Å². The summed E-state index contributed by atoms with van der Waals surface area (Å²) in [4.78, 5) is 15.7. The standard InChI is InChI=1S/C17H26N2O3S/c1-18(2)17(20)11-21-10-14-7-15-16(8-14)22-5-4-19(15)9-13-3-6-23-12-13/h3,6,12,14-16H,4-5,7-11H2,1-2H3/t14-,15-,16+/m0/s1. The number of likely N-dealkylation sites (N-methyl/N-ethyl adjacent to an activating group) is 1. The number of carbonyl (C=O) groups is 1. The molecule has 1 saturated heterocycles. The Labute approximate surface area is 142 Å². The summed E-state index contributed by atoms with van der Waals surface area (Å²) in [5, 5.41) is 4.37. The van der Waals surface area contributed by atoms with Crippen LogP contribution in [0.25, 0.3) is 0 Å². The predicted molar refractivity (Wildman–Crippen MR) is 90.5 cm³/mol. The maximum absolute atomic E-state index is 11.6. The summed E-state index contributed by atoms with van der Waals surface area (Å²) >= 11 is 1.76. The lowest BCUT2D eigenvalue weighted by Crippen LogP contribution is -2.47. The molecule has 2 fully saturated rings. The van der Waals surface area contributed by atoms with Crippen LogP contribution in [-0.2, 0) is 20.8 Å². The van der Waals surface area contributed by atoms with Crippen molar-refractivity contribution < 1.29 is 14.3 Å². The van der Waals surface area contributed by atoms with Gasteiger partial charge in [-0.3, -0.25) is 9.69 Å². The second kappa shape index (κ2) is 7.75. The van der Waals surface area contributed by atoms with Crippen molar-refractivity contribution in [1.29, 1.82) is 0 Å². The van der Waals surface area contributed by atoms with E-state index in [0.717, 1.165) is 32.5 Å². The topological polar surface area (TPSA) is 42.0 Å². The van der Waals surface area contributed by atoms with Crippen LogP contribution in [0.15, 0.2) is 16.8 Å². The number of carbonyl (C=O) groups excluding carboxylic acids is 1. The van der Waals surface area contributed by atoms with Gasteiger partial charge in [0, 0.05) is 33.2 Å². The minimum absolute atomic E-state index is 0.0238. The molecule has 3 rings (SSSR count). The molecule has 1 aromatic heterocycles. The number of nitrogens with zero attached hydrogens (tertiary/aromatic N) is 2. The molecule has 0 radical (unpaired) electrons. The average molecular weight is 338 g/mol. The van der Waals surface area contributed by atoms with Gasteiger partial charge in [-0.05, 0) is 41.1 Å². The van der Waals surface area contributed by atoms with Crippen molar-refractivity contribution in [2.24, 2.45) is 5.92 Å². The van der Waals surface area contributed by atoms with Crippen molar-refractivity contribution in [3.8, 4) is 0 Å². The summed E-state index contributed by atoms with van der Waals surface area (Å²) in [6.45, 7) is 3.67. The fraction of sp³-hybridized carbons (Fsp3) is 0.706. The molecule has 1 aromatic rings. The fourth-order valence-electron chi connectivity index (χ4n) is 3.52. The van der Waals surface area contributed by atoms with Gasteiger partial charge in [0.25, 0.3) is 0 Å². The molecule has 0 spiro atoms. The lowest BCUT2D eigenvalue weighted by Gasteiger charge is -2.37. The molecule has 0 bridgehead atoms. The largest absolute Gasteiger partial charge is 0.375 e. The Morgan fingerprint density at radius 2 is 2.35 bits per heavy atom. The molecule has 128 valence electrons. The van der Waals surface area contributed by atoms with Crippen LogP contribution < -0.4 is 0 Å². The van der Waals surface area contributed by atoms with E-state index in [4.69, 9.17) is 9.47 Å². The van der Waals surface area contributed by atoms with Crippen molar-refractivity contribution >= 4 is 17.2 Å². The van der Waals surface area contributed by atoms with Gasteiger partial charge in [-0.15, -0.1) is 0 Å². The first-order valence-electron chi connectivity index (χ1n) is 8.28. The number of morpholine rings is 1. The Morgan fingerprint density at radius 1 is 1.48 bits per heavy atom. The van der Waals surface area contributed by atoms with Crippen LogP contribution in [-0.4, -0.2) is 68.3 Å². The van der Waals surface area contributed by atoms with Gasteiger partial charge in [-0.1, -0.05) is 0 Å². The molecule has 6 heteroatoms. The summed E-state index contributed by atoms with van der Waals surface area (Å²) in [5.41, 5.74) is 1.40. The van der Waals surface area contributed by atoms with E-state index >= 15 is 0 Å². The molecule has 2 heterocycles. The summed E-state index contributed by atoms with van der Waals surface area (Å²) in [5.74, 6) is 0.513. The monoisotopic (exact) mass is 338 g/mol. The Hall–Kier alpha value is -0.950. The highest BCUT2D eigenvalue weighted by Gasteiger charge is 2.40. The van der Waals surface area contributed by atoms with E-state index < -0.39 is 0 Å². The van der Waals surface area contributed by atoms with Gasteiger partial charge >= 0.3 is 0 Å². The highest BCUT2D eigenvalue weighted by Crippen LogP contribution is 2.35. The van der Waals surface area contributed by atoms with Gasteiger partial charge in [0.2, 0.25) is 5.91 Å². The predicted octanol–water partition coefficient (Wildman–Crippen LogP) is 1.83. The Balaban J connectivity index is 1.49. The summed E-state index contributed by atoms with van der Waals surface area (Å²) in [6, 6.07) is 2.69. The molecule has 1 saturated carbocycles. The molecule has 5 nitrogen and oxygen atoms in total. The molecule has 1 amide bonds. The molecule has 0 N–H and O–H groups in total. The number of hydrogen-bond donors (Lipinski definition) is 0. The number of ether oxygens (including phenoxy) is 2. The quantitative estimate of drug-likeness (QED) is 0.794. The van der Waals surface area contributed by atoms with E-state index in [9.17, 15) is 4.79 Å². The summed E-state index contributed by atoms with van der Waals surface area (Å²) < 4.78 is 11.6. The number of hydrogen-bond acceptors (Lipinski definition) is 5. The number of rotatable bonds is 6. The van der Waals surface area contributed by atoms with Gasteiger partial charge < -0.3 is 14.4 Å². The van der Waals surface area contributed by atoms with Crippen molar-refractivity contribution in [3.05, 3.63) is 22.4 Å². The van der Waals surface area contributed by atoms with Gasteiger partial charge in [-0.25, -0.2) is 0 Å². The van der Waals surface area contributed by atoms with Crippen molar-refractivity contribution in [1.82, 2.24) is 9.80 Å². The van der Waals surface area contributed by atoms with E-state index in [1.165, 1.54) is 5.56 Å². The van der Waals surface area contributed by atoms with Gasteiger partial charge in [0.1, 0.15) is 6.61 Å². The molecular formula is C17H26N2O3S. The summed E-state index contributed by atoms with van der Waals surface area (Å²) in [7, 11) is 3.51. The Kier molecular flexibility index (Phi) is 5.69. The van der Waals surface area contributed by atoms with E-state index in [0.29, 0.717) is 24.7 Å². The Bertz CT molecular complexity index is 506. The van der Waals surface area contributed by atoms with Crippen LogP contribution in [0.5, 0.6) is 0 Å². The second-order valence-electron chi connectivity index (χ2n) is 6.72. The molecule has 1 aliphatic heterocycles. The minimum atomic E-state index is 0.0238. The maximum atomic E-state index is 11.6. The Morgan fingerprint density at radius 3 is 3.09 bits per heavy atom.